The lowest BCUT2D eigenvalue weighted by Gasteiger charge is -2.08. The molecule has 0 saturated heterocycles. The Morgan fingerprint density at radius 1 is 1.10 bits per heavy atom. The summed E-state index contributed by atoms with van der Waals surface area (Å²) in [5, 5.41) is 3.94. The minimum absolute atomic E-state index is 0.246. The summed E-state index contributed by atoms with van der Waals surface area (Å²) in [6.07, 6.45) is 0. The largest absolute Gasteiger partial charge is 0.456 e. The highest BCUT2D eigenvalue weighted by Gasteiger charge is 2.11. The van der Waals surface area contributed by atoms with Gasteiger partial charge in [0.15, 0.2) is 0 Å². The lowest BCUT2D eigenvalue weighted by molar-refractivity contribution is 0.618. The van der Waals surface area contributed by atoms with Crippen LogP contribution in [0.5, 0.6) is 0 Å². The molecule has 0 aliphatic heterocycles. The number of aryl methyl sites for hydroxylation is 1. The number of hydrogen-bond donors (Lipinski definition) is 1. The Morgan fingerprint density at radius 2 is 1.95 bits per heavy atom. The first-order chi connectivity index (χ1) is 9.67. The SMILES string of the molecule is CNCc1ccc(C)cc1-c1cc2cc(F)ccc2o1. The monoisotopic (exact) mass is 269 g/mol. The van der Waals surface area contributed by atoms with E-state index >= 15 is 0 Å². The zero-order valence-electron chi connectivity index (χ0n) is 11.5. The van der Waals surface area contributed by atoms with Crippen molar-refractivity contribution in [1.29, 1.82) is 0 Å². The summed E-state index contributed by atoms with van der Waals surface area (Å²) in [6, 6.07) is 12.7. The van der Waals surface area contributed by atoms with Gasteiger partial charge in [-0.2, -0.15) is 0 Å². The number of nitrogens with one attached hydrogen (secondary N) is 1. The molecule has 3 rings (SSSR count). The molecule has 2 nitrogen and oxygen atoms in total. The summed E-state index contributed by atoms with van der Waals surface area (Å²) in [6.45, 7) is 2.82. The highest BCUT2D eigenvalue weighted by atomic mass is 19.1. The van der Waals surface area contributed by atoms with Crippen LogP contribution in [0.15, 0.2) is 46.9 Å². The molecule has 1 N–H and O–H groups in total. The van der Waals surface area contributed by atoms with E-state index in [-0.39, 0.29) is 5.82 Å². The van der Waals surface area contributed by atoms with Gasteiger partial charge in [-0.3, -0.25) is 0 Å². The highest BCUT2D eigenvalue weighted by molar-refractivity contribution is 5.83. The van der Waals surface area contributed by atoms with E-state index in [0.717, 1.165) is 28.8 Å². The molecule has 0 bridgehead atoms. The molecule has 3 aromatic rings. The Kier molecular flexibility index (Phi) is 3.28. The first kappa shape index (κ1) is 12.9. The van der Waals surface area contributed by atoms with Crippen molar-refractivity contribution in [1.82, 2.24) is 5.32 Å². The van der Waals surface area contributed by atoms with E-state index in [0.29, 0.717) is 5.58 Å². The van der Waals surface area contributed by atoms with E-state index in [1.54, 1.807) is 6.07 Å². The Bertz CT molecular complexity index is 761. The highest BCUT2D eigenvalue weighted by Crippen LogP contribution is 2.31. The Labute approximate surface area is 117 Å². The molecule has 102 valence electrons. The predicted octanol–water partition coefficient (Wildman–Crippen LogP) is 4.27. The van der Waals surface area contributed by atoms with Gasteiger partial charge < -0.3 is 9.73 Å². The van der Waals surface area contributed by atoms with Crippen LogP contribution in [0.25, 0.3) is 22.3 Å². The van der Waals surface area contributed by atoms with Crippen molar-refractivity contribution in [3.8, 4) is 11.3 Å². The van der Waals surface area contributed by atoms with E-state index in [4.69, 9.17) is 4.42 Å². The third-order valence-electron chi connectivity index (χ3n) is 3.38. The lowest BCUT2D eigenvalue weighted by atomic mass is 10.0. The molecule has 0 atom stereocenters. The van der Waals surface area contributed by atoms with Gasteiger partial charge in [0, 0.05) is 17.5 Å². The third-order valence-corrected chi connectivity index (χ3v) is 3.38. The molecule has 0 fully saturated rings. The predicted molar refractivity (Wildman–Crippen MR) is 79.1 cm³/mol. The quantitative estimate of drug-likeness (QED) is 0.768. The zero-order valence-corrected chi connectivity index (χ0v) is 11.5. The van der Waals surface area contributed by atoms with Crippen molar-refractivity contribution in [2.75, 3.05) is 7.05 Å². The van der Waals surface area contributed by atoms with Gasteiger partial charge in [0.05, 0.1) is 0 Å². The minimum Gasteiger partial charge on any atom is -0.456 e. The standard InChI is InChI=1S/C17H16FNO/c1-11-3-4-12(10-19-2)15(7-11)17-9-13-8-14(18)5-6-16(13)20-17/h3-9,19H,10H2,1-2H3. The summed E-state index contributed by atoms with van der Waals surface area (Å²) < 4.78 is 19.1. The van der Waals surface area contributed by atoms with Crippen LogP contribution in [-0.4, -0.2) is 7.05 Å². The Hall–Kier alpha value is -2.13. The van der Waals surface area contributed by atoms with E-state index in [1.807, 2.05) is 13.1 Å². The summed E-state index contributed by atoms with van der Waals surface area (Å²) in [4.78, 5) is 0. The fourth-order valence-corrected chi connectivity index (χ4v) is 2.41. The van der Waals surface area contributed by atoms with Crippen molar-refractivity contribution in [2.24, 2.45) is 0 Å². The van der Waals surface area contributed by atoms with E-state index in [1.165, 1.54) is 17.7 Å². The first-order valence-electron chi connectivity index (χ1n) is 6.61. The fraction of sp³-hybridized carbons (Fsp3) is 0.176. The van der Waals surface area contributed by atoms with Gasteiger partial charge in [-0.05, 0) is 49.9 Å². The molecule has 3 heteroatoms. The lowest BCUT2D eigenvalue weighted by Crippen LogP contribution is -2.06. The maximum absolute atomic E-state index is 13.3. The molecule has 20 heavy (non-hydrogen) atoms. The maximum atomic E-state index is 13.3. The number of halogens is 1. The second-order valence-corrected chi connectivity index (χ2v) is 4.98. The van der Waals surface area contributed by atoms with E-state index in [2.05, 4.69) is 30.4 Å². The number of hydrogen-bond acceptors (Lipinski definition) is 2. The summed E-state index contributed by atoms with van der Waals surface area (Å²) in [7, 11) is 1.91. The van der Waals surface area contributed by atoms with Crippen molar-refractivity contribution >= 4 is 11.0 Å². The molecule has 0 spiro atoms. The molecule has 0 aliphatic rings. The van der Waals surface area contributed by atoms with E-state index < -0.39 is 0 Å². The van der Waals surface area contributed by atoms with Crippen LogP contribution in [-0.2, 0) is 6.54 Å². The van der Waals surface area contributed by atoms with Gasteiger partial charge in [0.1, 0.15) is 17.2 Å². The smallest absolute Gasteiger partial charge is 0.135 e. The zero-order chi connectivity index (χ0) is 14.1. The molecule has 0 amide bonds. The normalized spacial score (nSPS) is 11.2. The average molecular weight is 269 g/mol. The molecule has 0 radical (unpaired) electrons. The van der Waals surface area contributed by atoms with Crippen LogP contribution in [0.4, 0.5) is 4.39 Å². The summed E-state index contributed by atoms with van der Waals surface area (Å²) in [5.74, 6) is 0.532. The van der Waals surface area contributed by atoms with Crippen molar-refractivity contribution in [2.45, 2.75) is 13.5 Å². The molecular formula is C17H16FNO. The molecule has 0 aliphatic carbocycles. The van der Waals surface area contributed by atoms with Gasteiger partial charge >= 0.3 is 0 Å². The Morgan fingerprint density at radius 3 is 2.75 bits per heavy atom. The van der Waals surface area contributed by atoms with E-state index in [9.17, 15) is 4.39 Å². The van der Waals surface area contributed by atoms with Crippen LogP contribution in [0.1, 0.15) is 11.1 Å². The summed E-state index contributed by atoms with van der Waals surface area (Å²) in [5.41, 5.74) is 4.10. The third kappa shape index (κ3) is 2.32. The van der Waals surface area contributed by atoms with Crippen LogP contribution in [0, 0.1) is 12.7 Å². The molecule has 0 unspecified atom stereocenters. The van der Waals surface area contributed by atoms with Crippen molar-refractivity contribution in [3.05, 3.63) is 59.4 Å². The molecule has 1 heterocycles. The second-order valence-electron chi connectivity index (χ2n) is 4.98. The summed E-state index contributed by atoms with van der Waals surface area (Å²) >= 11 is 0. The molecule has 0 saturated carbocycles. The van der Waals surface area contributed by atoms with Gasteiger partial charge in [-0.15, -0.1) is 0 Å². The topological polar surface area (TPSA) is 25.2 Å². The number of fused-ring (bicyclic) bond motifs is 1. The van der Waals surface area contributed by atoms with Crippen molar-refractivity contribution < 1.29 is 8.81 Å². The minimum atomic E-state index is -0.246. The molecular weight excluding hydrogens is 253 g/mol. The molecule has 1 aromatic heterocycles. The van der Waals surface area contributed by atoms with Crippen LogP contribution in [0.3, 0.4) is 0 Å². The average Bonchev–Trinajstić information content (AvgIpc) is 2.83. The number of rotatable bonds is 3. The van der Waals surface area contributed by atoms with Gasteiger partial charge in [0.25, 0.3) is 0 Å². The number of benzene rings is 2. The van der Waals surface area contributed by atoms with Crippen LogP contribution in [0.2, 0.25) is 0 Å². The Balaban J connectivity index is 2.16. The maximum Gasteiger partial charge on any atom is 0.135 e. The first-order valence-corrected chi connectivity index (χ1v) is 6.61. The second kappa shape index (κ2) is 5.10. The van der Waals surface area contributed by atoms with Gasteiger partial charge in [-0.1, -0.05) is 17.7 Å². The fourth-order valence-electron chi connectivity index (χ4n) is 2.41. The number of furan rings is 1. The van der Waals surface area contributed by atoms with Crippen molar-refractivity contribution in [3.63, 3.8) is 0 Å². The van der Waals surface area contributed by atoms with Crippen LogP contribution >= 0.6 is 0 Å². The van der Waals surface area contributed by atoms with Gasteiger partial charge in [0.2, 0.25) is 0 Å². The van der Waals surface area contributed by atoms with Gasteiger partial charge in [-0.25, -0.2) is 4.39 Å². The van der Waals surface area contributed by atoms with Crippen LogP contribution < -0.4 is 5.32 Å². The molecule has 2 aromatic carbocycles.